The number of hydrogen-bond donors (Lipinski definition) is 2. The van der Waals surface area contributed by atoms with Crippen molar-refractivity contribution in [3.63, 3.8) is 0 Å². The van der Waals surface area contributed by atoms with Crippen LogP contribution < -0.4 is 5.73 Å². The standard InChI is InChI=1S/C12H24N2O2/c1-3-5-10(6-4-2)14-8-7-12(13,9-14)11(15)16/h10H,3-9,13H2,1-2H3,(H,15,16). The van der Waals surface area contributed by atoms with E-state index in [9.17, 15) is 4.79 Å². The van der Waals surface area contributed by atoms with E-state index < -0.39 is 11.5 Å². The van der Waals surface area contributed by atoms with E-state index >= 15 is 0 Å². The van der Waals surface area contributed by atoms with Gasteiger partial charge >= 0.3 is 5.97 Å². The fourth-order valence-corrected chi connectivity index (χ4v) is 2.53. The molecule has 1 rings (SSSR count). The molecule has 94 valence electrons. The molecule has 4 heteroatoms. The molecule has 0 aromatic heterocycles. The van der Waals surface area contributed by atoms with Gasteiger partial charge in [-0.25, -0.2) is 0 Å². The maximum atomic E-state index is 11.1. The number of likely N-dealkylation sites (tertiary alicyclic amines) is 1. The first-order valence-corrected chi connectivity index (χ1v) is 6.29. The summed E-state index contributed by atoms with van der Waals surface area (Å²) in [7, 11) is 0. The summed E-state index contributed by atoms with van der Waals surface area (Å²) in [6.07, 6.45) is 5.15. The van der Waals surface area contributed by atoms with Crippen LogP contribution in [0.15, 0.2) is 0 Å². The number of nitrogens with zero attached hydrogens (tertiary/aromatic N) is 1. The van der Waals surface area contributed by atoms with E-state index in [4.69, 9.17) is 10.8 Å². The molecule has 0 spiro atoms. The van der Waals surface area contributed by atoms with Crippen molar-refractivity contribution >= 4 is 5.97 Å². The molecule has 1 aliphatic rings. The quantitative estimate of drug-likeness (QED) is 0.722. The minimum Gasteiger partial charge on any atom is -0.480 e. The highest BCUT2D eigenvalue weighted by molar-refractivity contribution is 5.79. The second kappa shape index (κ2) is 5.64. The van der Waals surface area contributed by atoms with E-state index in [-0.39, 0.29) is 0 Å². The molecule has 1 heterocycles. The van der Waals surface area contributed by atoms with E-state index in [2.05, 4.69) is 18.7 Å². The molecular weight excluding hydrogens is 204 g/mol. The summed E-state index contributed by atoms with van der Waals surface area (Å²) in [5, 5.41) is 9.08. The van der Waals surface area contributed by atoms with Crippen molar-refractivity contribution in [2.24, 2.45) is 5.73 Å². The van der Waals surface area contributed by atoms with Crippen LogP contribution in [0.1, 0.15) is 46.0 Å². The number of hydrogen-bond acceptors (Lipinski definition) is 3. The molecule has 0 aromatic carbocycles. The number of aliphatic carboxylic acids is 1. The average molecular weight is 228 g/mol. The van der Waals surface area contributed by atoms with Crippen LogP contribution in [-0.4, -0.2) is 40.6 Å². The molecule has 1 saturated heterocycles. The molecule has 0 saturated carbocycles. The lowest BCUT2D eigenvalue weighted by molar-refractivity contribution is -0.142. The van der Waals surface area contributed by atoms with Gasteiger partial charge in [0, 0.05) is 19.1 Å². The first-order chi connectivity index (χ1) is 7.53. The predicted octanol–water partition coefficient (Wildman–Crippen LogP) is 1.44. The zero-order chi connectivity index (χ0) is 12.2. The lowest BCUT2D eigenvalue weighted by Gasteiger charge is -2.28. The molecule has 1 atom stereocenters. The number of rotatable bonds is 6. The fraction of sp³-hybridized carbons (Fsp3) is 0.917. The van der Waals surface area contributed by atoms with E-state index in [0.29, 0.717) is 19.0 Å². The minimum atomic E-state index is -1.01. The molecular formula is C12H24N2O2. The summed E-state index contributed by atoms with van der Waals surface area (Å²) in [5.74, 6) is -0.859. The highest BCUT2D eigenvalue weighted by atomic mass is 16.4. The normalized spacial score (nSPS) is 26.5. The third kappa shape index (κ3) is 2.95. The van der Waals surface area contributed by atoms with Gasteiger partial charge in [0.15, 0.2) is 0 Å². The van der Waals surface area contributed by atoms with E-state index in [1.165, 1.54) is 0 Å². The molecule has 1 unspecified atom stereocenters. The van der Waals surface area contributed by atoms with Crippen LogP contribution in [0.25, 0.3) is 0 Å². The van der Waals surface area contributed by atoms with Crippen LogP contribution in [0.3, 0.4) is 0 Å². The van der Waals surface area contributed by atoms with Crippen LogP contribution in [-0.2, 0) is 4.79 Å². The fourth-order valence-electron chi connectivity index (χ4n) is 2.53. The lowest BCUT2D eigenvalue weighted by Crippen LogP contribution is -2.51. The number of carboxylic acids is 1. The molecule has 3 N–H and O–H groups in total. The Balaban J connectivity index is 2.58. The van der Waals surface area contributed by atoms with E-state index in [1.807, 2.05) is 0 Å². The highest BCUT2D eigenvalue weighted by Crippen LogP contribution is 2.24. The molecule has 0 bridgehead atoms. The maximum Gasteiger partial charge on any atom is 0.325 e. The van der Waals surface area contributed by atoms with E-state index in [1.54, 1.807) is 0 Å². The summed E-state index contributed by atoms with van der Waals surface area (Å²) < 4.78 is 0. The minimum absolute atomic E-state index is 0.507. The Hall–Kier alpha value is -0.610. The lowest BCUT2D eigenvalue weighted by atomic mass is 10.0. The predicted molar refractivity (Wildman–Crippen MR) is 64.3 cm³/mol. The molecule has 0 aromatic rings. The third-order valence-electron chi connectivity index (χ3n) is 3.52. The Bertz CT molecular complexity index is 239. The highest BCUT2D eigenvalue weighted by Gasteiger charge is 2.42. The Morgan fingerprint density at radius 1 is 1.44 bits per heavy atom. The van der Waals surface area contributed by atoms with Gasteiger partial charge < -0.3 is 10.8 Å². The van der Waals surface area contributed by atoms with Gasteiger partial charge in [0.1, 0.15) is 5.54 Å². The van der Waals surface area contributed by atoms with Gasteiger partial charge in [0.25, 0.3) is 0 Å². The Kier molecular flexibility index (Phi) is 4.74. The van der Waals surface area contributed by atoms with Crippen molar-refractivity contribution in [2.75, 3.05) is 13.1 Å². The summed E-state index contributed by atoms with van der Waals surface area (Å²) in [6, 6.07) is 0.514. The molecule has 4 nitrogen and oxygen atoms in total. The Morgan fingerprint density at radius 3 is 2.38 bits per heavy atom. The van der Waals surface area contributed by atoms with Gasteiger partial charge in [-0.1, -0.05) is 26.7 Å². The van der Waals surface area contributed by atoms with Gasteiger partial charge in [0.2, 0.25) is 0 Å². The summed E-state index contributed by atoms with van der Waals surface area (Å²) >= 11 is 0. The zero-order valence-electron chi connectivity index (χ0n) is 10.4. The van der Waals surface area contributed by atoms with Gasteiger partial charge in [-0.05, 0) is 19.3 Å². The third-order valence-corrected chi connectivity index (χ3v) is 3.52. The number of carboxylic acid groups (broad SMARTS) is 1. The smallest absolute Gasteiger partial charge is 0.325 e. The van der Waals surface area contributed by atoms with E-state index in [0.717, 1.165) is 32.2 Å². The van der Waals surface area contributed by atoms with Crippen molar-refractivity contribution in [1.29, 1.82) is 0 Å². The average Bonchev–Trinajstić information content (AvgIpc) is 2.62. The van der Waals surface area contributed by atoms with Crippen molar-refractivity contribution < 1.29 is 9.90 Å². The summed E-state index contributed by atoms with van der Waals surface area (Å²) in [6.45, 7) is 5.68. The summed E-state index contributed by atoms with van der Waals surface area (Å²) in [4.78, 5) is 13.3. The monoisotopic (exact) mass is 228 g/mol. The largest absolute Gasteiger partial charge is 0.480 e. The van der Waals surface area contributed by atoms with Crippen molar-refractivity contribution in [1.82, 2.24) is 4.90 Å². The van der Waals surface area contributed by atoms with Crippen LogP contribution in [0, 0.1) is 0 Å². The van der Waals surface area contributed by atoms with Gasteiger partial charge in [-0.15, -0.1) is 0 Å². The number of carbonyl (C=O) groups is 1. The number of nitrogens with two attached hydrogens (primary N) is 1. The Morgan fingerprint density at radius 2 is 2.00 bits per heavy atom. The van der Waals surface area contributed by atoms with Crippen molar-refractivity contribution in [3.05, 3.63) is 0 Å². The maximum absolute atomic E-state index is 11.1. The van der Waals surface area contributed by atoms with Crippen LogP contribution in [0.4, 0.5) is 0 Å². The first-order valence-electron chi connectivity index (χ1n) is 6.29. The Labute approximate surface area is 97.8 Å². The molecule has 1 aliphatic heterocycles. The van der Waals surface area contributed by atoms with Gasteiger partial charge in [-0.3, -0.25) is 9.69 Å². The van der Waals surface area contributed by atoms with Gasteiger partial charge in [-0.2, -0.15) is 0 Å². The van der Waals surface area contributed by atoms with Crippen LogP contribution >= 0.6 is 0 Å². The van der Waals surface area contributed by atoms with Crippen LogP contribution in [0.5, 0.6) is 0 Å². The topological polar surface area (TPSA) is 66.6 Å². The molecule has 0 amide bonds. The zero-order valence-corrected chi connectivity index (χ0v) is 10.4. The van der Waals surface area contributed by atoms with Crippen molar-refractivity contribution in [3.8, 4) is 0 Å². The molecule has 1 fully saturated rings. The van der Waals surface area contributed by atoms with Crippen molar-refractivity contribution in [2.45, 2.75) is 57.5 Å². The second-order valence-corrected chi connectivity index (χ2v) is 4.91. The molecule has 0 radical (unpaired) electrons. The summed E-state index contributed by atoms with van der Waals surface area (Å²) in [5.41, 5.74) is 4.87. The molecule has 0 aliphatic carbocycles. The molecule has 16 heavy (non-hydrogen) atoms. The van der Waals surface area contributed by atoms with Gasteiger partial charge in [0.05, 0.1) is 0 Å². The SMILES string of the molecule is CCCC(CCC)N1CCC(N)(C(=O)O)C1. The second-order valence-electron chi connectivity index (χ2n) is 4.91. The first kappa shape index (κ1) is 13.5. The van der Waals surface area contributed by atoms with Crippen LogP contribution in [0.2, 0.25) is 0 Å².